The van der Waals surface area contributed by atoms with Gasteiger partial charge in [0, 0.05) is 18.7 Å². The van der Waals surface area contributed by atoms with E-state index in [9.17, 15) is 13.2 Å². The number of benzene rings is 2. The molecule has 0 unspecified atom stereocenters. The lowest BCUT2D eigenvalue weighted by atomic mass is 10.2. The number of carbonyl (C=O) groups is 1. The van der Waals surface area contributed by atoms with Gasteiger partial charge in [0.25, 0.3) is 5.91 Å². The Morgan fingerprint density at radius 1 is 1.20 bits per heavy atom. The highest BCUT2D eigenvalue weighted by Gasteiger charge is 2.21. The van der Waals surface area contributed by atoms with E-state index in [2.05, 4.69) is 10.3 Å². The molecule has 1 amide bonds. The van der Waals surface area contributed by atoms with E-state index in [4.69, 9.17) is 4.42 Å². The third-order valence-corrected chi connectivity index (χ3v) is 5.66. The minimum Gasteiger partial charge on any atom is -0.441 e. The Morgan fingerprint density at radius 2 is 1.96 bits per heavy atom. The number of hydrogen-bond acceptors (Lipinski definition) is 5. The number of nitrogens with zero attached hydrogens (tertiary/aromatic N) is 1. The summed E-state index contributed by atoms with van der Waals surface area (Å²) in [5.41, 5.74) is 1.89. The summed E-state index contributed by atoms with van der Waals surface area (Å²) in [7, 11) is -3.50. The quantitative estimate of drug-likeness (QED) is 0.753. The summed E-state index contributed by atoms with van der Waals surface area (Å²) >= 11 is 0. The van der Waals surface area contributed by atoms with Crippen LogP contribution in [0.25, 0.3) is 11.1 Å². The number of rotatable bonds is 5. The van der Waals surface area contributed by atoms with Crippen molar-refractivity contribution in [2.24, 2.45) is 0 Å². The zero-order valence-electron chi connectivity index (χ0n) is 13.9. The van der Waals surface area contributed by atoms with Crippen molar-refractivity contribution in [2.75, 3.05) is 11.1 Å². The first-order valence-corrected chi connectivity index (χ1v) is 9.56. The highest BCUT2D eigenvalue weighted by Crippen LogP contribution is 2.22. The van der Waals surface area contributed by atoms with Gasteiger partial charge in [-0.25, -0.2) is 13.4 Å². The molecule has 0 radical (unpaired) electrons. The normalized spacial score (nSPS) is 11.6. The third kappa shape index (κ3) is 3.56. The Balaban J connectivity index is 1.93. The average Bonchev–Trinajstić information content (AvgIpc) is 2.94. The molecular weight excluding hydrogens is 340 g/mol. The molecular formula is C18H18N2O4S. The number of oxazole rings is 1. The van der Waals surface area contributed by atoms with Crippen molar-refractivity contribution in [1.82, 2.24) is 4.98 Å². The van der Waals surface area contributed by atoms with Gasteiger partial charge in [-0.3, -0.25) is 4.79 Å². The monoisotopic (exact) mass is 358 g/mol. The number of carbonyl (C=O) groups excluding carboxylic acids is 1. The fourth-order valence-corrected chi connectivity index (χ4v) is 4.16. The minimum absolute atomic E-state index is 0.000589. The molecule has 0 fully saturated rings. The van der Waals surface area contributed by atoms with E-state index in [-0.39, 0.29) is 16.2 Å². The van der Waals surface area contributed by atoms with Crippen LogP contribution in [0.15, 0.2) is 51.8 Å². The first-order chi connectivity index (χ1) is 11.9. The maximum Gasteiger partial charge on any atom is 0.256 e. The molecule has 1 aromatic heterocycles. The summed E-state index contributed by atoms with van der Waals surface area (Å²) < 4.78 is 30.2. The zero-order chi connectivity index (χ0) is 18.0. The standard InChI is InChI=1S/C18H18N2O4S/c1-3-10-25(22,23)17-7-5-4-6-14(17)18(21)20-13-8-9-15-16(11-13)24-12(2)19-15/h4-9,11H,3,10H2,1-2H3,(H,20,21). The SMILES string of the molecule is CCCS(=O)(=O)c1ccccc1C(=O)Nc1ccc2nc(C)oc2c1. The molecule has 0 saturated carbocycles. The number of aromatic nitrogens is 1. The molecule has 25 heavy (non-hydrogen) atoms. The maximum atomic E-state index is 12.6. The van der Waals surface area contributed by atoms with Crippen LogP contribution in [0, 0.1) is 6.92 Å². The maximum absolute atomic E-state index is 12.6. The van der Waals surface area contributed by atoms with E-state index in [1.807, 2.05) is 0 Å². The van der Waals surface area contributed by atoms with E-state index in [1.165, 1.54) is 12.1 Å². The van der Waals surface area contributed by atoms with Gasteiger partial charge in [0.1, 0.15) is 5.52 Å². The number of nitrogens with one attached hydrogen (secondary N) is 1. The van der Waals surface area contributed by atoms with Gasteiger partial charge < -0.3 is 9.73 Å². The first-order valence-electron chi connectivity index (χ1n) is 7.91. The van der Waals surface area contributed by atoms with Crippen molar-refractivity contribution in [3.63, 3.8) is 0 Å². The van der Waals surface area contributed by atoms with E-state index in [0.717, 1.165) is 0 Å². The summed E-state index contributed by atoms with van der Waals surface area (Å²) in [6.07, 6.45) is 0.486. The largest absolute Gasteiger partial charge is 0.441 e. The van der Waals surface area contributed by atoms with E-state index in [1.54, 1.807) is 44.2 Å². The van der Waals surface area contributed by atoms with Crippen LogP contribution in [-0.4, -0.2) is 25.1 Å². The topological polar surface area (TPSA) is 89.3 Å². The molecule has 0 bridgehead atoms. The van der Waals surface area contributed by atoms with Gasteiger partial charge in [-0.15, -0.1) is 0 Å². The van der Waals surface area contributed by atoms with Crippen molar-refractivity contribution in [3.05, 3.63) is 53.9 Å². The van der Waals surface area contributed by atoms with Gasteiger partial charge in [-0.2, -0.15) is 0 Å². The van der Waals surface area contributed by atoms with Crippen LogP contribution in [-0.2, 0) is 9.84 Å². The number of fused-ring (bicyclic) bond motifs is 1. The lowest BCUT2D eigenvalue weighted by Crippen LogP contribution is -2.17. The van der Waals surface area contributed by atoms with Crippen LogP contribution in [0.3, 0.4) is 0 Å². The number of aryl methyl sites for hydroxylation is 1. The smallest absolute Gasteiger partial charge is 0.256 e. The van der Waals surface area contributed by atoms with Crippen molar-refractivity contribution in [2.45, 2.75) is 25.2 Å². The Labute approximate surface area is 145 Å². The predicted octanol–water partition coefficient (Wildman–Crippen LogP) is 3.57. The second-order valence-electron chi connectivity index (χ2n) is 5.68. The molecule has 0 spiro atoms. The van der Waals surface area contributed by atoms with Gasteiger partial charge in [0.2, 0.25) is 0 Å². The Bertz CT molecular complexity index is 1040. The fraction of sp³-hybridized carbons (Fsp3) is 0.222. The molecule has 6 nitrogen and oxygen atoms in total. The van der Waals surface area contributed by atoms with Crippen molar-refractivity contribution in [1.29, 1.82) is 0 Å². The summed E-state index contributed by atoms with van der Waals surface area (Å²) in [6, 6.07) is 11.3. The fourth-order valence-electron chi connectivity index (χ4n) is 2.62. The Kier molecular flexibility index (Phi) is 4.59. The highest BCUT2D eigenvalue weighted by atomic mass is 32.2. The van der Waals surface area contributed by atoms with E-state index >= 15 is 0 Å². The van der Waals surface area contributed by atoms with Gasteiger partial charge in [0.15, 0.2) is 21.3 Å². The summed E-state index contributed by atoms with van der Waals surface area (Å²) in [5, 5.41) is 2.72. The molecule has 0 aliphatic rings. The van der Waals surface area contributed by atoms with Crippen LogP contribution in [0.5, 0.6) is 0 Å². The number of hydrogen-bond donors (Lipinski definition) is 1. The molecule has 2 aromatic carbocycles. The van der Waals surface area contributed by atoms with Crippen LogP contribution < -0.4 is 5.32 Å². The first kappa shape index (κ1) is 17.2. The van der Waals surface area contributed by atoms with E-state index < -0.39 is 15.7 Å². The molecule has 0 atom stereocenters. The van der Waals surface area contributed by atoms with Gasteiger partial charge in [-0.1, -0.05) is 19.1 Å². The second kappa shape index (κ2) is 6.68. The third-order valence-electron chi connectivity index (χ3n) is 3.69. The summed E-state index contributed by atoms with van der Waals surface area (Å²) in [6.45, 7) is 3.53. The van der Waals surface area contributed by atoms with Crippen molar-refractivity contribution < 1.29 is 17.6 Å². The second-order valence-corrected chi connectivity index (χ2v) is 7.76. The molecule has 0 saturated heterocycles. The number of anilines is 1. The Hall–Kier alpha value is -2.67. The van der Waals surface area contributed by atoms with E-state index in [0.29, 0.717) is 29.1 Å². The molecule has 0 aliphatic heterocycles. The zero-order valence-corrected chi connectivity index (χ0v) is 14.8. The average molecular weight is 358 g/mol. The van der Waals surface area contributed by atoms with Gasteiger partial charge >= 0.3 is 0 Å². The van der Waals surface area contributed by atoms with Crippen LogP contribution >= 0.6 is 0 Å². The molecule has 3 rings (SSSR count). The van der Waals surface area contributed by atoms with Gasteiger partial charge in [0.05, 0.1) is 16.2 Å². The van der Waals surface area contributed by atoms with Crippen LogP contribution in [0.4, 0.5) is 5.69 Å². The summed E-state index contributed by atoms with van der Waals surface area (Å²) in [4.78, 5) is 16.9. The van der Waals surface area contributed by atoms with Crippen molar-refractivity contribution >= 4 is 32.5 Å². The van der Waals surface area contributed by atoms with Crippen LogP contribution in [0.2, 0.25) is 0 Å². The molecule has 3 aromatic rings. The van der Waals surface area contributed by atoms with Gasteiger partial charge in [-0.05, 0) is 30.7 Å². The molecule has 0 aliphatic carbocycles. The lowest BCUT2D eigenvalue weighted by molar-refractivity contribution is 0.102. The number of amides is 1. The minimum atomic E-state index is -3.50. The summed E-state index contributed by atoms with van der Waals surface area (Å²) in [5.74, 6) is 0.0565. The van der Waals surface area contributed by atoms with Crippen molar-refractivity contribution in [3.8, 4) is 0 Å². The predicted molar refractivity (Wildman–Crippen MR) is 95.5 cm³/mol. The molecule has 130 valence electrons. The lowest BCUT2D eigenvalue weighted by Gasteiger charge is -2.10. The van der Waals surface area contributed by atoms with Crippen LogP contribution in [0.1, 0.15) is 29.6 Å². The molecule has 7 heteroatoms. The molecule has 1 heterocycles. The molecule has 1 N–H and O–H groups in total. The highest BCUT2D eigenvalue weighted by molar-refractivity contribution is 7.91. The Morgan fingerprint density at radius 3 is 2.72 bits per heavy atom. The number of sulfone groups is 1.